The minimum absolute atomic E-state index is 0.0559. The van der Waals surface area contributed by atoms with E-state index in [-0.39, 0.29) is 5.91 Å². The molecule has 0 aliphatic heterocycles. The van der Waals surface area contributed by atoms with Crippen LogP contribution in [-0.4, -0.2) is 22.8 Å². The SMILES string of the molecule is COc1ccc(-n2nc(C)c(CCC(=O)Nc3ccccc3)c2Oc2ccccc2C)cc1. The lowest BCUT2D eigenvalue weighted by Gasteiger charge is -2.13. The Morgan fingerprint density at radius 3 is 2.33 bits per heavy atom. The summed E-state index contributed by atoms with van der Waals surface area (Å²) in [7, 11) is 1.64. The van der Waals surface area contributed by atoms with Gasteiger partial charge in [-0.1, -0.05) is 36.4 Å². The highest BCUT2D eigenvalue weighted by atomic mass is 16.5. The summed E-state index contributed by atoms with van der Waals surface area (Å²) in [6.45, 7) is 3.94. The minimum atomic E-state index is -0.0559. The van der Waals surface area contributed by atoms with Crippen molar-refractivity contribution in [2.45, 2.75) is 26.7 Å². The average molecular weight is 442 g/mol. The Balaban J connectivity index is 1.64. The quantitative estimate of drug-likeness (QED) is 0.372. The second-order valence-electron chi connectivity index (χ2n) is 7.76. The van der Waals surface area contributed by atoms with Crippen LogP contribution in [0.25, 0.3) is 5.69 Å². The van der Waals surface area contributed by atoms with Gasteiger partial charge in [-0.15, -0.1) is 0 Å². The van der Waals surface area contributed by atoms with Gasteiger partial charge in [-0.2, -0.15) is 5.10 Å². The fourth-order valence-corrected chi connectivity index (χ4v) is 3.59. The highest BCUT2D eigenvalue weighted by Crippen LogP contribution is 2.33. The molecular weight excluding hydrogens is 414 g/mol. The Hall–Kier alpha value is -4.06. The topological polar surface area (TPSA) is 65.4 Å². The number of aromatic nitrogens is 2. The molecule has 6 nitrogen and oxygen atoms in total. The molecule has 4 rings (SSSR count). The van der Waals surface area contributed by atoms with Crippen molar-refractivity contribution >= 4 is 11.6 Å². The summed E-state index contributed by atoms with van der Waals surface area (Å²) in [5.74, 6) is 2.07. The molecule has 3 aromatic carbocycles. The number of carbonyl (C=O) groups is 1. The number of aryl methyl sites for hydroxylation is 2. The number of nitrogens with one attached hydrogen (secondary N) is 1. The molecule has 33 heavy (non-hydrogen) atoms. The fourth-order valence-electron chi connectivity index (χ4n) is 3.59. The summed E-state index contributed by atoms with van der Waals surface area (Å²) in [6.07, 6.45) is 0.816. The fraction of sp³-hybridized carbons (Fsp3) is 0.185. The van der Waals surface area contributed by atoms with E-state index in [1.54, 1.807) is 11.8 Å². The first-order valence-electron chi connectivity index (χ1n) is 10.9. The molecule has 0 saturated heterocycles. The van der Waals surface area contributed by atoms with Gasteiger partial charge in [0.25, 0.3) is 0 Å². The van der Waals surface area contributed by atoms with E-state index in [2.05, 4.69) is 5.32 Å². The zero-order chi connectivity index (χ0) is 23.2. The van der Waals surface area contributed by atoms with Crippen LogP contribution < -0.4 is 14.8 Å². The monoisotopic (exact) mass is 441 g/mol. The number of amides is 1. The second-order valence-corrected chi connectivity index (χ2v) is 7.76. The van der Waals surface area contributed by atoms with Gasteiger partial charge in [0.2, 0.25) is 11.8 Å². The molecule has 0 spiro atoms. The summed E-state index contributed by atoms with van der Waals surface area (Å²) in [5, 5.41) is 7.68. The molecule has 1 heterocycles. The highest BCUT2D eigenvalue weighted by Gasteiger charge is 2.20. The number of nitrogens with zero attached hydrogens (tertiary/aromatic N) is 2. The Labute approximate surface area is 193 Å². The summed E-state index contributed by atoms with van der Waals surface area (Å²) < 4.78 is 13.5. The largest absolute Gasteiger partial charge is 0.497 e. The average Bonchev–Trinajstić information content (AvgIpc) is 3.14. The third-order valence-corrected chi connectivity index (χ3v) is 5.41. The number of carbonyl (C=O) groups excluding carboxylic acids is 1. The number of rotatable bonds is 8. The van der Waals surface area contributed by atoms with Gasteiger partial charge >= 0.3 is 0 Å². The lowest BCUT2D eigenvalue weighted by Crippen LogP contribution is -2.12. The normalized spacial score (nSPS) is 10.6. The van der Waals surface area contributed by atoms with Gasteiger partial charge in [-0.05, 0) is 68.3 Å². The molecule has 0 aliphatic rings. The van der Waals surface area contributed by atoms with Crippen LogP contribution in [-0.2, 0) is 11.2 Å². The molecule has 0 unspecified atom stereocenters. The van der Waals surface area contributed by atoms with E-state index in [1.165, 1.54) is 0 Å². The van der Waals surface area contributed by atoms with E-state index in [9.17, 15) is 4.79 Å². The molecule has 1 N–H and O–H groups in total. The summed E-state index contributed by atoms with van der Waals surface area (Å²) in [6, 6.07) is 24.9. The van der Waals surface area contributed by atoms with Crippen molar-refractivity contribution in [1.29, 1.82) is 0 Å². The maximum Gasteiger partial charge on any atom is 0.226 e. The Bertz CT molecular complexity index is 1230. The molecule has 0 radical (unpaired) electrons. The van der Waals surface area contributed by atoms with Crippen LogP contribution in [0.15, 0.2) is 78.9 Å². The van der Waals surface area contributed by atoms with Crippen molar-refractivity contribution in [3.63, 3.8) is 0 Å². The predicted octanol–water partition coefficient (Wildman–Crippen LogP) is 5.86. The molecule has 0 aliphatic carbocycles. The van der Waals surface area contributed by atoms with Gasteiger partial charge in [0.1, 0.15) is 11.5 Å². The Morgan fingerprint density at radius 2 is 1.64 bits per heavy atom. The Kier molecular flexibility index (Phi) is 6.74. The molecule has 0 bridgehead atoms. The molecule has 1 amide bonds. The van der Waals surface area contributed by atoms with E-state index < -0.39 is 0 Å². The van der Waals surface area contributed by atoms with E-state index >= 15 is 0 Å². The lowest BCUT2D eigenvalue weighted by atomic mass is 10.1. The van der Waals surface area contributed by atoms with Crippen LogP contribution in [0, 0.1) is 13.8 Å². The third kappa shape index (κ3) is 5.23. The van der Waals surface area contributed by atoms with Crippen molar-refractivity contribution in [3.05, 3.63) is 95.7 Å². The number of para-hydroxylation sites is 2. The van der Waals surface area contributed by atoms with Crippen LogP contribution in [0.2, 0.25) is 0 Å². The van der Waals surface area contributed by atoms with Crippen molar-refractivity contribution in [1.82, 2.24) is 9.78 Å². The molecule has 0 saturated carbocycles. The first-order chi connectivity index (χ1) is 16.0. The lowest BCUT2D eigenvalue weighted by molar-refractivity contribution is -0.116. The van der Waals surface area contributed by atoms with Gasteiger partial charge in [-0.3, -0.25) is 4.79 Å². The number of ether oxygens (including phenoxy) is 2. The number of benzene rings is 3. The van der Waals surface area contributed by atoms with Crippen LogP contribution in [0.3, 0.4) is 0 Å². The van der Waals surface area contributed by atoms with Crippen LogP contribution in [0.1, 0.15) is 23.2 Å². The number of hydrogen-bond acceptors (Lipinski definition) is 4. The number of methoxy groups -OCH3 is 1. The van der Waals surface area contributed by atoms with Crippen molar-refractivity contribution in [3.8, 4) is 23.1 Å². The summed E-state index contributed by atoms with van der Waals surface area (Å²) in [4.78, 5) is 12.6. The van der Waals surface area contributed by atoms with E-state index in [1.807, 2.05) is 92.7 Å². The minimum Gasteiger partial charge on any atom is -0.497 e. The van der Waals surface area contributed by atoms with Gasteiger partial charge < -0.3 is 14.8 Å². The van der Waals surface area contributed by atoms with Gasteiger partial charge in [0, 0.05) is 17.7 Å². The Morgan fingerprint density at radius 1 is 0.939 bits per heavy atom. The van der Waals surface area contributed by atoms with Crippen LogP contribution >= 0.6 is 0 Å². The maximum absolute atomic E-state index is 12.6. The van der Waals surface area contributed by atoms with Crippen LogP contribution in [0.5, 0.6) is 17.4 Å². The second kappa shape index (κ2) is 10.0. The maximum atomic E-state index is 12.6. The molecule has 1 aromatic heterocycles. The molecule has 0 atom stereocenters. The molecule has 168 valence electrons. The third-order valence-electron chi connectivity index (χ3n) is 5.41. The van der Waals surface area contributed by atoms with E-state index in [4.69, 9.17) is 14.6 Å². The first kappa shape index (κ1) is 22.1. The zero-order valence-electron chi connectivity index (χ0n) is 19.0. The predicted molar refractivity (Wildman–Crippen MR) is 129 cm³/mol. The van der Waals surface area contributed by atoms with E-state index in [0.29, 0.717) is 18.7 Å². The standard InChI is InChI=1S/C27H27N3O3/c1-19-9-7-8-12-25(19)33-27-24(17-18-26(31)28-21-10-5-4-6-11-21)20(2)29-30(27)22-13-15-23(32-3)16-14-22/h4-16H,17-18H2,1-3H3,(H,28,31). The van der Waals surface area contributed by atoms with E-state index in [0.717, 1.165) is 39.7 Å². The number of anilines is 1. The molecule has 6 heteroatoms. The van der Waals surface area contributed by atoms with Crippen LogP contribution in [0.4, 0.5) is 5.69 Å². The summed E-state index contributed by atoms with van der Waals surface area (Å²) in [5.41, 5.74) is 4.37. The van der Waals surface area contributed by atoms with Crippen molar-refractivity contribution < 1.29 is 14.3 Å². The smallest absolute Gasteiger partial charge is 0.226 e. The van der Waals surface area contributed by atoms with Crippen molar-refractivity contribution in [2.24, 2.45) is 0 Å². The molecule has 4 aromatic rings. The number of hydrogen-bond donors (Lipinski definition) is 1. The van der Waals surface area contributed by atoms with Gasteiger partial charge in [-0.25, -0.2) is 4.68 Å². The first-order valence-corrected chi connectivity index (χ1v) is 10.9. The van der Waals surface area contributed by atoms with Gasteiger partial charge in [0.15, 0.2) is 0 Å². The molecular formula is C27H27N3O3. The highest BCUT2D eigenvalue weighted by molar-refractivity contribution is 5.90. The van der Waals surface area contributed by atoms with Gasteiger partial charge in [0.05, 0.1) is 18.5 Å². The zero-order valence-corrected chi connectivity index (χ0v) is 19.0. The van der Waals surface area contributed by atoms with Crippen molar-refractivity contribution in [2.75, 3.05) is 12.4 Å². The summed E-state index contributed by atoms with van der Waals surface area (Å²) >= 11 is 0. The molecule has 0 fully saturated rings.